The number of nitrogens with zero attached hydrogens (tertiary/aromatic N) is 3. The van der Waals surface area contributed by atoms with Gasteiger partial charge in [0.2, 0.25) is 15.9 Å². The van der Waals surface area contributed by atoms with Crippen LogP contribution in [0.5, 0.6) is 0 Å². The van der Waals surface area contributed by atoms with Gasteiger partial charge in [-0.2, -0.15) is 4.31 Å². The second-order valence-corrected chi connectivity index (χ2v) is 10.1. The molecule has 0 radical (unpaired) electrons. The van der Waals surface area contributed by atoms with Gasteiger partial charge in [0.15, 0.2) is 0 Å². The van der Waals surface area contributed by atoms with Crippen molar-refractivity contribution in [2.45, 2.75) is 44.6 Å². The van der Waals surface area contributed by atoms with Crippen molar-refractivity contribution in [2.24, 2.45) is 0 Å². The molecule has 0 saturated heterocycles. The number of hydrogen-bond acceptors (Lipinski definition) is 5. The van der Waals surface area contributed by atoms with E-state index < -0.39 is 27.9 Å². The monoisotopic (exact) mass is 469 g/mol. The molecule has 9 heteroatoms. The summed E-state index contributed by atoms with van der Waals surface area (Å²) >= 11 is 0. The standard InChI is InChI=1S/C24H27N3O5S/c1-4-25(5-2)33(31,32)18-12-13-21-17(15-18)9-8-14-26(21)22(28)16(3)27-23(29)19-10-6-7-11-20(19)24(27)30/h6-7,10-13,15-16H,4-5,8-9,14H2,1-3H3. The second kappa shape index (κ2) is 8.72. The molecule has 174 valence electrons. The molecule has 2 aliphatic rings. The fourth-order valence-corrected chi connectivity index (χ4v) is 6.08. The molecular weight excluding hydrogens is 442 g/mol. The van der Waals surface area contributed by atoms with Crippen molar-refractivity contribution in [2.75, 3.05) is 24.5 Å². The zero-order valence-electron chi connectivity index (χ0n) is 18.9. The van der Waals surface area contributed by atoms with E-state index in [1.807, 2.05) is 0 Å². The van der Waals surface area contributed by atoms with Gasteiger partial charge in [-0.25, -0.2) is 8.42 Å². The Morgan fingerprint density at radius 3 is 2.21 bits per heavy atom. The number of benzene rings is 2. The summed E-state index contributed by atoms with van der Waals surface area (Å²) in [6.07, 6.45) is 1.30. The molecule has 0 spiro atoms. The summed E-state index contributed by atoms with van der Waals surface area (Å²) in [5, 5.41) is 0. The van der Waals surface area contributed by atoms with E-state index in [4.69, 9.17) is 0 Å². The first-order valence-electron chi connectivity index (χ1n) is 11.1. The predicted octanol–water partition coefficient (Wildman–Crippen LogP) is 2.68. The van der Waals surface area contributed by atoms with Gasteiger partial charge in [0.1, 0.15) is 6.04 Å². The van der Waals surface area contributed by atoms with E-state index in [2.05, 4.69) is 0 Å². The van der Waals surface area contributed by atoms with Gasteiger partial charge in [-0.15, -0.1) is 0 Å². The van der Waals surface area contributed by atoms with Crippen molar-refractivity contribution in [3.63, 3.8) is 0 Å². The lowest BCUT2D eigenvalue weighted by atomic mass is 10.0. The van der Waals surface area contributed by atoms with Crippen molar-refractivity contribution < 1.29 is 22.8 Å². The molecule has 33 heavy (non-hydrogen) atoms. The lowest BCUT2D eigenvalue weighted by molar-refractivity contribution is -0.122. The van der Waals surface area contributed by atoms with E-state index in [-0.39, 0.29) is 10.8 Å². The van der Waals surface area contributed by atoms with Crippen LogP contribution in [0.25, 0.3) is 0 Å². The number of fused-ring (bicyclic) bond motifs is 2. The largest absolute Gasteiger partial charge is 0.310 e. The smallest absolute Gasteiger partial charge is 0.262 e. The number of imide groups is 1. The molecule has 0 N–H and O–H groups in total. The fraction of sp³-hybridized carbons (Fsp3) is 0.375. The Morgan fingerprint density at radius 2 is 1.64 bits per heavy atom. The summed E-state index contributed by atoms with van der Waals surface area (Å²) in [6, 6.07) is 10.4. The van der Waals surface area contributed by atoms with Crippen LogP contribution in [-0.2, 0) is 21.2 Å². The van der Waals surface area contributed by atoms with Crippen LogP contribution in [-0.4, -0.2) is 61.0 Å². The Hall–Kier alpha value is -3.04. The van der Waals surface area contributed by atoms with Crippen molar-refractivity contribution in [3.8, 4) is 0 Å². The van der Waals surface area contributed by atoms with E-state index in [0.717, 1.165) is 10.5 Å². The summed E-state index contributed by atoms with van der Waals surface area (Å²) in [5.41, 5.74) is 1.98. The molecule has 3 amide bonds. The predicted molar refractivity (Wildman–Crippen MR) is 124 cm³/mol. The van der Waals surface area contributed by atoms with Crippen LogP contribution < -0.4 is 4.90 Å². The molecule has 8 nitrogen and oxygen atoms in total. The maximum atomic E-state index is 13.4. The first kappa shape index (κ1) is 23.1. The minimum atomic E-state index is -3.61. The number of aryl methyl sites for hydroxylation is 1. The highest BCUT2D eigenvalue weighted by Gasteiger charge is 2.42. The normalized spacial score (nSPS) is 16.7. The van der Waals surface area contributed by atoms with Gasteiger partial charge in [0.25, 0.3) is 11.8 Å². The number of amides is 3. The third-order valence-electron chi connectivity index (χ3n) is 6.35. The molecule has 4 rings (SSSR count). The van der Waals surface area contributed by atoms with Gasteiger partial charge < -0.3 is 4.90 Å². The molecule has 1 unspecified atom stereocenters. The molecule has 2 heterocycles. The van der Waals surface area contributed by atoms with E-state index in [1.54, 1.807) is 62.1 Å². The maximum Gasteiger partial charge on any atom is 0.262 e. The van der Waals surface area contributed by atoms with Crippen LogP contribution >= 0.6 is 0 Å². The van der Waals surface area contributed by atoms with Crippen LogP contribution in [0.4, 0.5) is 5.69 Å². The third kappa shape index (κ3) is 3.75. The molecular formula is C24H27N3O5S. The highest BCUT2D eigenvalue weighted by molar-refractivity contribution is 7.89. The average Bonchev–Trinajstić information content (AvgIpc) is 3.08. The lowest BCUT2D eigenvalue weighted by Gasteiger charge is -2.34. The van der Waals surface area contributed by atoms with Gasteiger partial charge in [-0.05, 0) is 55.7 Å². The fourth-order valence-electron chi connectivity index (χ4n) is 4.57. The van der Waals surface area contributed by atoms with Crippen LogP contribution in [0.1, 0.15) is 53.5 Å². The number of carbonyl (C=O) groups excluding carboxylic acids is 3. The Morgan fingerprint density at radius 1 is 1.03 bits per heavy atom. The maximum absolute atomic E-state index is 13.4. The van der Waals surface area contributed by atoms with E-state index in [9.17, 15) is 22.8 Å². The highest BCUT2D eigenvalue weighted by Crippen LogP contribution is 2.32. The summed E-state index contributed by atoms with van der Waals surface area (Å²) in [5.74, 6) is -1.33. The molecule has 2 aliphatic heterocycles. The molecule has 2 aromatic carbocycles. The molecule has 0 aliphatic carbocycles. The van der Waals surface area contributed by atoms with Gasteiger partial charge in [0, 0.05) is 25.3 Å². The minimum absolute atomic E-state index is 0.202. The van der Waals surface area contributed by atoms with Crippen molar-refractivity contribution in [1.29, 1.82) is 0 Å². The summed E-state index contributed by atoms with van der Waals surface area (Å²) < 4.78 is 27.2. The second-order valence-electron chi connectivity index (χ2n) is 8.18. The quantitative estimate of drug-likeness (QED) is 0.606. The molecule has 2 aromatic rings. The van der Waals surface area contributed by atoms with Crippen LogP contribution in [0, 0.1) is 0 Å². The lowest BCUT2D eigenvalue weighted by Crippen LogP contribution is -2.50. The number of anilines is 1. The first-order chi connectivity index (χ1) is 15.7. The van der Waals surface area contributed by atoms with Gasteiger partial charge in [0.05, 0.1) is 16.0 Å². The summed E-state index contributed by atoms with van der Waals surface area (Å²) in [6.45, 7) is 6.32. The Kier molecular flexibility index (Phi) is 6.11. The average molecular weight is 470 g/mol. The minimum Gasteiger partial charge on any atom is -0.310 e. The van der Waals surface area contributed by atoms with Crippen molar-refractivity contribution in [3.05, 3.63) is 59.2 Å². The number of hydrogen-bond donors (Lipinski definition) is 0. The van der Waals surface area contributed by atoms with E-state index >= 15 is 0 Å². The van der Waals surface area contributed by atoms with Gasteiger partial charge in [-0.3, -0.25) is 19.3 Å². The van der Waals surface area contributed by atoms with Crippen LogP contribution in [0.15, 0.2) is 47.4 Å². The van der Waals surface area contributed by atoms with E-state index in [0.29, 0.717) is 49.3 Å². The van der Waals surface area contributed by atoms with Crippen molar-refractivity contribution >= 4 is 33.4 Å². The van der Waals surface area contributed by atoms with E-state index in [1.165, 1.54) is 10.4 Å². The Bertz CT molecular complexity index is 1200. The summed E-state index contributed by atoms with van der Waals surface area (Å²) in [4.78, 5) is 41.8. The van der Waals surface area contributed by atoms with Crippen LogP contribution in [0.2, 0.25) is 0 Å². The topological polar surface area (TPSA) is 95.1 Å². The van der Waals surface area contributed by atoms with Gasteiger partial charge in [-0.1, -0.05) is 26.0 Å². The zero-order valence-corrected chi connectivity index (χ0v) is 19.8. The number of carbonyl (C=O) groups is 3. The Balaban J connectivity index is 1.63. The molecule has 0 saturated carbocycles. The Labute approximate surface area is 193 Å². The summed E-state index contributed by atoms with van der Waals surface area (Å²) in [7, 11) is -3.61. The van der Waals surface area contributed by atoms with Gasteiger partial charge >= 0.3 is 0 Å². The molecule has 0 aromatic heterocycles. The first-order valence-corrected chi connectivity index (χ1v) is 12.6. The third-order valence-corrected chi connectivity index (χ3v) is 8.39. The van der Waals surface area contributed by atoms with Crippen LogP contribution in [0.3, 0.4) is 0 Å². The number of sulfonamides is 1. The molecule has 0 bridgehead atoms. The zero-order chi connectivity index (χ0) is 23.9. The SMILES string of the molecule is CCN(CC)S(=O)(=O)c1ccc2c(c1)CCCN2C(=O)C(C)N1C(=O)c2ccccc2C1=O. The molecule has 1 atom stereocenters. The highest BCUT2D eigenvalue weighted by atomic mass is 32.2. The number of rotatable bonds is 6. The molecule has 0 fully saturated rings. The van der Waals surface area contributed by atoms with Crippen molar-refractivity contribution in [1.82, 2.24) is 9.21 Å².